The van der Waals surface area contributed by atoms with Gasteiger partial charge in [-0.15, -0.1) is 0 Å². The maximum absolute atomic E-state index is 13.8. The maximum atomic E-state index is 13.8. The molecule has 0 saturated heterocycles. The lowest BCUT2D eigenvalue weighted by Crippen LogP contribution is -2.04. The molecule has 0 amide bonds. The number of rotatable bonds is 3. The molecule has 0 fully saturated rings. The average Bonchev–Trinajstić information content (AvgIpc) is 2.76. The first-order chi connectivity index (χ1) is 8.09. The van der Waals surface area contributed by atoms with Crippen LogP contribution in [-0.4, -0.2) is 6.61 Å². The third kappa shape index (κ3) is 2.39. The third-order valence-electron chi connectivity index (χ3n) is 2.08. The van der Waals surface area contributed by atoms with Gasteiger partial charge in [0, 0.05) is 5.56 Å². The molecule has 0 N–H and O–H groups in total. The minimum absolute atomic E-state index is 0.147. The number of hydrogen-bond donors (Lipinski definition) is 0. The molecule has 0 spiro atoms. The number of furan rings is 1. The van der Waals surface area contributed by atoms with Crippen molar-refractivity contribution in [2.24, 2.45) is 0 Å². The molecule has 0 radical (unpaired) electrons. The first kappa shape index (κ1) is 11.9. The minimum Gasteiger partial charge on any atom is -0.472 e. The van der Waals surface area contributed by atoms with Gasteiger partial charge < -0.3 is 9.15 Å². The van der Waals surface area contributed by atoms with Gasteiger partial charge in [0.1, 0.15) is 5.75 Å². The topological polar surface area (TPSA) is 22.4 Å². The molecule has 2 aromatic rings. The fourth-order valence-electron chi connectivity index (χ4n) is 1.40. The van der Waals surface area contributed by atoms with Crippen LogP contribution < -0.4 is 4.74 Å². The summed E-state index contributed by atoms with van der Waals surface area (Å²) in [6, 6.07) is 3.76. The Morgan fingerprint density at radius 1 is 1.24 bits per heavy atom. The molecule has 1 heterocycles. The summed E-state index contributed by atoms with van der Waals surface area (Å²) >= 11 is 5.59. The van der Waals surface area contributed by atoms with E-state index in [1.165, 1.54) is 24.7 Å². The van der Waals surface area contributed by atoms with E-state index >= 15 is 0 Å². The molecular weight excluding hydrogens is 257 g/mol. The highest BCUT2D eigenvalue weighted by atomic mass is 35.5. The van der Waals surface area contributed by atoms with Crippen LogP contribution in [-0.2, 0) is 0 Å². The van der Waals surface area contributed by atoms with Gasteiger partial charge >= 0.3 is 6.61 Å². The van der Waals surface area contributed by atoms with Gasteiger partial charge in [-0.1, -0.05) is 11.6 Å². The zero-order chi connectivity index (χ0) is 12.4. The van der Waals surface area contributed by atoms with E-state index in [-0.39, 0.29) is 21.9 Å². The molecule has 0 atom stereocenters. The quantitative estimate of drug-likeness (QED) is 0.821. The Hall–Kier alpha value is -1.62. The van der Waals surface area contributed by atoms with Crippen LogP contribution in [0.15, 0.2) is 35.1 Å². The van der Waals surface area contributed by atoms with E-state index < -0.39 is 12.4 Å². The lowest BCUT2D eigenvalue weighted by Gasteiger charge is -2.11. The molecule has 2 rings (SSSR count). The van der Waals surface area contributed by atoms with Gasteiger partial charge in [0.05, 0.1) is 23.1 Å². The third-order valence-corrected chi connectivity index (χ3v) is 2.37. The summed E-state index contributed by atoms with van der Waals surface area (Å²) in [6.07, 6.45) is 2.51. The number of benzene rings is 1. The minimum atomic E-state index is -3.04. The molecule has 0 unspecified atom stereocenters. The molecule has 1 aromatic heterocycles. The van der Waals surface area contributed by atoms with E-state index in [1.807, 2.05) is 0 Å². The van der Waals surface area contributed by atoms with Crippen molar-refractivity contribution in [3.63, 3.8) is 0 Å². The van der Waals surface area contributed by atoms with Gasteiger partial charge in [-0.05, 0) is 18.2 Å². The van der Waals surface area contributed by atoms with Crippen molar-refractivity contribution < 1.29 is 22.3 Å². The predicted molar refractivity (Wildman–Crippen MR) is 55.7 cm³/mol. The van der Waals surface area contributed by atoms with Gasteiger partial charge in [0.15, 0.2) is 5.82 Å². The van der Waals surface area contributed by atoms with Crippen LogP contribution in [0.3, 0.4) is 0 Å². The van der Waals surface area contributed by atoms with Crippen molar-refractivity contribution in [1.82, 2.24) is 0 Å². The van der Waals surface area contributed by atoms with Gasteiger partial charge in [0.25, 0.3) is 0 Å². The highest BCUT2D eigenvalue weighted by Crippen LogP contribution is 2.37. The largest absolute Gasteiger partial charge is 0.472 e. The first-order valence-corrected chi connectivity index (χ1v) is 4.92. The summed E-state index contributed by atoms with van der Waals surface area (Å²) in [7, 11) is 0. The summed E-state index contributed by atoms with van der Waals surface area (Å²) in [5, 5.41) is -0.178. The maximum Gasteiger partial charge on any atom is 0.387 e. The highest BCUT2D eigenvalue weighted by molar-refractivity contribution is 6.31. The smallest absolute Gasteiger partial charge is 0.387 e. The number of alkyl halides is 2. The standard InChI is InChI=1S/C11H6ClF3O2/c12-7-1-2-8(17-11(14)15)9(10(7)13)6-3-4-16-5-6/h1-5,11H. The Morgan fingerprint density at radius 2 is 2.00 bits per heavy atom. The summed E-state index contributed by atoms with van der Waals surface area (Å²) in [4.78, 5) is 0. The second-order valence-electron chi connectivity index (χ2n) is 3.13. The van der Waals surface area contributed by atoms with Crippen molar-refractivity contribution in [3.05, 3.63) is 41.6 Å². The highest BCUT2D eigenvalue weighted by Gasteiger charge is 2.18. The summed E-state index contributed by atoms with van der Waals surface area (Å²) in [5.41, 5.74) is 0.132. The summed E-state index contributed by atoms with van der Waals surface area (Å²) in [6.45, 7) is -3.04. The zero-order valence-corrected chi connectivity index (χ0v) is 9.05. The van der Waals surface area contributed by atoms with Crippen LogP contribution in [0.5, 0.6) is 5.75 Å². The monoisotopic (exact) mass is 262 g/mol. The molecule has 0 saturated carbocycles. The van der Waals surface area contributed by atoms with Crippen molar-refractivity contribution in [2.45, 2.75) is 6.61 Å². The van der Waals surface area contributed by atoms with E-state index in [0.717, 1.165) is 6.07 Å². The number of ether oxygens (including phenoxy) is 1. The molecule has 0 aliphatic carbocycles. The lowest BCUT2D eigenvalue weighted by molar-refractivity contribution is -0.0495. The predicted octanol–water partition coefficient (Wildman–Crippen LogP) is 4.34. The summed E-state index contributed by atoms with van der Waals surface area (Å²) in [5.74, 6) is -1.12. The molecule has 6 heteroatoms. The van der Waals surface area contributed by atoms with Gasteiger partial charge in [0.2, 0.25) is 0 Å². The second-order valence-corrected chi connectivity index (χ2v) is 3.53. The van der Waals surface area contributed by atoms with Crippen LogP contribution in [0.4, 0.5) is 13.2 Å². The SMILES string of the molecule is Fc1c(Cl)ccc(OC(F)F)c1-c1ccoc1. The van der Waals surface area contributed by atoms with Crippen LogP contribution in [0.25, 0.3) is 11.1 Å². The number of halogens is 4. The Bertz CT molecular complexity index is 512. The normalized spacial score (nSPS) is 10.9. The van der Waals surface area contributed by atoms with Crippen LogP contribution in [0.2, 0.25) is 5.02 Å². The van der Waals surface area contributed by atoms with E-state index in [9.17, 15) is 13.2 Å². The molecule has 0 aliphatic rings. The molecule has 1 aromatic carbocycles. The van der Waals surface area contributed by atoms with Crippen LogP contribution in [0.1, 0.15) is 0 Å². The fraction of sp³-hybridized carbons (Fsp3) is 0.0909. The van der Waals surface area contributed by atoms with E-state index in [4.69, 9.17) is 16.0 Å². The van der Waals surface area contributed by atoms with E-state index in [1.54, 1.807) is 0 Å². The van der Waals surface area contributed by atoms with Gasteiger partial charge in [-0.2, -0.15) is 8.78 Å². The molecule has 0 bridgehead atoms. The van der Waals surface area contributed by atoms with E-state index in [2.05, 4.69) is 4.74 Å². The van der Waals surface area contributed by atoms with Crippen LogP contribution in [0, 0.1) is 5.82 Å². The Kier molecular flexibility index (Phi) is 3.28. The first-order valence-electron chi connectivity index (χ1n) is 4.55. The molecular formula is C11H6ClF3O2. The molecule has 2 nitrogen and oxygen atoms in total. The Morgan fingerprint density at radius 3 is 2.59 bits per heavy atom. The van der Waals surface area contributed by atoms with Crippen molar-refractivity contribution >= 4 is 11.6 Å². The summed E-state index contributed by atoms with van der Waals surface area (Å²) < 4.78 is 47.1. The second kappa shape index (κ2) is 4.71. The van der Waals surface area contributed by atoms with E-state index in [0.29, 0.717) is 0 Å². The fourth-order valence-corrected chi connectivity index (χ4v) is 1.56. The Labute approximate surface area is 99.6 Å². The average molecular weight is 263 g/mol. The number of hydrogen-bond acceptors (Lipinski definition) is 2. The van der Waals surface area contributed by atoms with Crippen molar-refractivity contribution in [3.8, 4) is 16.9 Å². The Balaban J connectivity index is 2.56. The van der Waals surface area contributed by atoms with Crippen molar-refractivity contribution in [2.75, 3.05) is 0 Å². The van der Waals surface area contributed by atoms with Crippen LogP contribution >= 0.6 is 11.6 Å². The molecule has 90 valence electrons. The van der Waals surface area contributed by atoms with Gasteiger partial charge in [-0.25, -0.2) is 4.39 Å². The molecule has 17 heavy (non-hydrogen) atoms. The molecule has 0 aliphatic heterocycles. The van der Waals surface area contributed by atoms with Gasteiger partial charge in [-0.3, -0.25) is 0 Å². The lowest BCUT2D eigenvalue weighted by atomic mass is 10.1. The van der Waals surface area contributed by atoms with Crippen molar-refractivity contribution in [1.29, 1.82) is 0 Å². The zero-order valence-electron chi connectivity index (χ0n) is 8.29.